The van der Waals surface area contributed by atoms with Crippen molar-refractivity contribution in [2.75, 3.05) is 26.3 Å². The molecular formula is C27H36F2N2O3. The molecule has 1 saturated heterocycles. The molecule has 5 atom stereocenters. The molecule has 0 aromatic heterocycles. The molecule has 7 heteroatoms. The fourth-order valence-corrected chi connectivity index (χ4v) is 7.74. The maximum Gasteiger partial charge on any atom is 0.253 e. The zero-order valence-electron chi connectivity index (χ0n) is 20.0. The summed E-state index contributed by atoms with van der Waals surface area (Å²) in [5.74, 6) is -2.59. The lowest BCUT2D eigenvalue weighted by molar-refractivity contribution is -0.135. The van der Waals surface area contributed by atoms with E-state index >= 15 is 8.78 Å². The van der Waals surface area contributed by atoms with Crippen LogP contribution in [-0.4, -0.2) is 48.9 Å². The molecule has 1 heterocycles. The van der Waals surface area contributed by atoms with Crippen molar-refractivity contribution in [3.05, 3.63) is 34.9 Å². The predicted octanol–water partition coefficient (Wildman–Crippen LogP) is 4.53. The Balaban J connectivity index is 1.33. The van der Waals surface area contributed by atoms with Crippen LogP contribution in [-0.2, 0) is 16.0 Å². The van der Waals surface area contributed by atoms with Crippen LogP contribution >= 0.6 is 0 Å². The van der Waals surface area contributed by atoms with Gasteiger partial charge in [0.05, 0.1) is 13.2 Å². The number of morpholine rings is 1. The Kier molecular flexibility index (Phi) is 6.20. The third-order valence-electron chi connectivity index (χ3n) is 9.45. The molecule has 1 aromatic carbocycles. The summed E-state index contributed by atoms with van der Waals surface area (Å²) in [7, 11) is 0. The number of amides is 2. The highest BCUT2D eigenvalue weighted by Gasteiger charge is 2.67. The topological polar surface area (TPSA) is 72.6 Å². The molecule has 1 aliphatic heterocycles. The lowest BCUT2D eigenvalue weighted by Gasteiger charge is -2.51. The van der Waals surface area contributed by atoms with Crippen LogP contribution in [0.5, 0.6) is 0 Å². The smallest absolute Gasteiger partial charge is 0.253 e. The molecule has 186 valence electrons. The monoisotopic (exact) mass is 474 g/mol. The molecule has 2 saturated carbocycles. The normalized spacial score (nSPS) is 34.1. The zero-order valence-corrected chi connectivity index (χ0v) is 20.0. The van der Waals surface area contributed by atoms with Crippen molar-refractivity contribution in [3.8, 4) is 0 Å². The molecule has 0 spiro atoms. The van der Waals surface area contributed by atoms with Gasteiger partial charge in [0.2, 0.25) is 11.8 Å². The van der Waals surface area contributed by atoms with Crippen molar-refractivity contribution >= 4 is 11.8 Å². The summed E-state index contributed by atoms with van der Waals surface area (Å²) in [4.78, 5) is 26.0. The number of aryl methyl sites for hydroxylation is 1. The van der Waals surface area contributed by atoms with Crippen LogP contribution in [0, 0.1) is 23.2 Å². The number of nitrogens with two attached hydrogens (primary N) is 1. The summed E-state index contributed by atoms with van der Waals surface area (Å²) in [5.41, 5.74) is 7.39. The molecule has 4 aliphatic rings. The van der Waals surface area contributed by atoms with Crippen molar-refractivity contribution in [3.63, 3.8) is 0 Å². The maximum atomic E-state index is 15.4. The van der Waals surface area contributed by atoms with Gasteiger partial charge in [0, 0.05) is 36.9 Å². The molecule has 5 rings (SSSR count). The fraction of sp³-hybridized carbons (Fsp3) is 0.704. The average Bonchev–Trinajstić information content (AvgIpc) is 3.03. The van der Waals surface area contributed by atoms with Crippen molar-refractivity contribution in [2.45, 2.75) is 70.1 Å². The Hall–Kier alpha value is -2.02. The van der Waals surface area contributed by atoms with Gasteiger partial charge in [-0.1, -0.05) is 13.0 Å². The number of carbonyl (C=O) groups is 2. The van der Waals surface area contributed by atoms with Gasteiger partial charge in [-0.05, 0) is 85.5 Å². The van der Waals surface area contributed by atoms with Gasteiger partial charge >= 0.3 is 0 Å². The van der Waals surface area contributed by atoms with Crippen LogP contribution in [0.25, 0.3) is 0 Å². The number of fused-ring (bicyclic) bond motifs is 5. The van der Waals surface area contributed by atoms with E-state index in [2.05, 4.69) is 0 Å². The van der Waals surface area contributed by atoms with Crippen molar-refractivity contribution in [1.29, 1.82) is 0 Å². The van der Waals surface area contributed by atoms with Gasteiger partial charge in [-0.3, -0.25) is 9.59 Å². The lowest BCUT2D eigenvalue weighted by atomic mass is 9.53. The first-order valence-corrected chi connectivity index (χ1v) is 12.9. The van der Waals surface area contributed by atoms with Gasteiger partial charge in [0.25, 0.3) is 5.92 Å². The highest BCUT2D eigenvalue weighted by Crippen LogP contribution is 2.68. The molecule has 0 bridgehead atoms. The molecule has 3 aliphatic carbocycles. The summed E-state index contributed by atoms with van der Waals surface area (Å²) in [6, 6.07) is 5.70. The second-order valence-corrected chi connectivity index (χ2v) is 11.1. The number of ether oxygens (including phenoxy) is 1. The minimum atomic E-state index is -2.67. The van der Waals surface area contributed by atoms with Gasteiger partial charge in [-0.2, -0.15) is 0 Å². The number of carbonyl (C=O) groups excluding carboxylic acids is 2. The van der Waals surface area contributed by atoms with E-state index in [-0.39, 0.29) is 36.0 Å². The molecule has 1 unspecified atom stereocenters. The summed E-state index contributed by atoms with van der Waals surface area (Å²) in [6.45, 7) is 4.22. The molecule has 5 nitrogen and oxygen atoms in total. The molecule has 0 radical (unpaired) electrons. The second kappa shape index (κ2) is 8.89. The Morgan fingerprint density at radius 3 is 2.71 bits per heavy atom. The minimum Gasteiger partial charge on any atom is -0.378 e. The summed E-state index contributed by atoms with van der Waals surface area (Å²) in [5, 5.41) is 0. The Bertz CT molecular complexity index is 961. The number of rotatable bonds is 5. The van der Waals surface area contributed by atoms with Crippen LogP contribution in [0.1, 0.15) is 79.3 Å². The standard InChI is InChI=1S/C27H36F2N2O3/c1-26-10-9-21-20-7-6-18(25(30)33)15-17(20)5-8-22(21)24(26)19(16-27(26,28)29)3-2-4-23(32)31-11-13-34-14-12-31/h6-7,15,19,21-22,24H,2-5,8-14,16H2,1H3,(H2,30,33)/t19-,21+,22+,24-,26?/m0/s1. The lowest BCUT2D eigenvalue weighted by Crippen LogP contribution is -2.47. The molecule has 1 aromatic rings. The average molecular weight is 475 g/mol. The number of hydrogen-bond donors (Lipinski definition) is 1. The number of nitrogens with zero attached hydrogens (tertiary/aromatic N) is 1. The summed E-state index contributed by atoms with van der Waals surface area (Å²) >= 11 is 0. The largest absolute Gasteiger partial charge is 0.378 e. The quantitative estimate of drug-likeness (QED) is 0.681. The van der Waals surface area contributed by atoms with Crippen LogP contribution in [0.15, 0.2) is 18.2 Å². The van der Waals surface area contributed by atoms with E-state index in [9.17, 15) is 9.59 Å². The highest BCUT2D eigenvalue weighted by molar-refractivity contribution is 5.93. The first-order chi connectivity index (χ1) is 16.2. The number of hydrogen-bond acceptors (Lipinski definition) is 3. The molecule has 3 fully saturated rings. The number of benzene rings is 1. The third kappa shape index (κ3) is 3.94. The van der Waals surface area contributed by atoms with Crippen molar-refractivity contribution < 1.29 is 23.1 Å². The van der Waals surface area contributed by atoms with Gasteiger partial charge in [0.15, 0.2) is 0 Å². The molecular weight excluding hydrogens is 438 g/mol. The molecule has 34 heavy (non-hydrogen) atoms. The van der Waals surface area contributed by atoms with E-state index in [1.54, 1.807) is 6.07 Å². The third-order valence-corrected chi connectivity index (χ3v) is 9.45. The van der Waals surface area contributed by atoms with E-state index in [4.69, 9.17) is 10.5 Å². The minimum absolute atomic E-state index is 0.0382. The van der Waals surface area contributed by atoms with E-state index in [1.807, 2.05) is 24.0 Å². The van der Waals surface area contributed by atoms with Crippen molar-refractivity contribution in [2.24, 2.45) is 28.9 Å². The number of halogens is 2. The molecule has 2 amide bonds. The predicted molar refractivity (Wildman–Crippen MR) is 125 cm³/mol. The molecule has 2 N–H and O–H groups in total. The zero-order chi connectivity index (χ0) is 24.1. The van der Waals surface area contributed by atoms with Crippen LogP contribution in [0.2, 0.25) is 0 Å². The van der Waals surface area contributed by atoms with E-state index in [0.717, 1.165) is 24.8 Å². The van der Waals surface area contributed by atoms with Gasteiger partial charge in [-0.25, -0.2) is 8.78 Å². The van der Waals surface area contributed by atoms with E-state index in [1.165, 1.54) is 5.56 Å². The van der Waals surface area contributed by atoms with Crippen LogP contribution in [0.3, 0.4) is 0 Å². The van der Waals surface area contributed by atoms with Gasteiger partial charge in [-0.15, -0.1) is 0 Å². The van der Waals surface area contributed by atoms with Crippen LogP contribution in [0.4, 0.5) is 8.78 Å². The summed E-state index contributed by atoms with van der Waals surface area (Å²) < 4.78 is 36.2. The van der Waals surface area contributed by atoms with Crippen molar-refractivity contribution in [1.82, 2.24) is 4.90 Å². The van der Waals surface area contributed by atoms with Gasteiger partial charge in [0.1, 0.15) is 0 Å². The van der Waals surface area contributed by atoms with E-state index in [0.29, 0.717) is 57.6 Å². The van der Waals surface area contributed by atoms with Crippen LogP contribution < -0.4 is 5.73 Å². The SMILES string of the molecule is CC12CC[C@@H]3c4ccc(C(N)=O)cc4CC[C@H]3[C@@H]1[C@@H](CCCC(=O)N1CCOCC1)CC2(F)F. The van der Waals surface area contributed by atoms with E-state index < -0.39 is 17.2 Å². The highest BCUT2D eigenvalue weighted by atomic mass is 19.3. The Morgan fingerprint density at radius 2 is 1.97 bits per heavy atom. The first kappa shape index (κ1) is 23.7. The summed E-state index contributed by atoms with van der Waals surface area (Å²) in [6.07, 6.45) is 4.68. The fourth-order valence-electron chi connectivity index (χ4n) is 7.74. The Labute approximate surface area is 200 Å². The first-order valence-electron chi connectivity index (χ1n) is 12.9. The van der Waals surface area contributed by atoms with Gasteiger partial charge < -0.3 is 15.4 Å². The number of primary amides is 1. The second-order valence-electron chi connectivity index (χ2n) is 11.1. The maximum absolute atomic E-state index is 15.4. The number of alkyl halides is 2. The Morgan fingerprint density at radius 1 is 1.21 bits per heavy atom.